The molecule has 46 heavy (non-hydrogen) atoms. The maximum atomic E-state index is 12.8. The van der Waals surface area contributed by atoms with Gasteiger partial charge in [-0.15, -0.1) is 11.3 Å². The highest BCUT2D eigenvalue weighted by Gasteiger charge is 2.20. The number of aliphatic hydroxyl groups excluding tert-OH is 1. The third kappa shape index (κ3) is 6.62. The summed E-state index contributed by atoms with van der Waals surface area (Å²) >= 11 is 1.56. The minimum atomic E-state index is -0.0745. The number of anilines is 4. The summed E-state index contributed by atoms with van der Waals surface area (Å²) in [5.74, 6) is 0.412. The molecule has 0 spiro atoms. The number of amides is 1. The van der Waals surface area contributed by atoms with Crippen LogP contribution in [0.15, 0.2) is 103 Å². The van der Waals surface area contributed by atoms with Crippen LogP contribution in [-0.2, 0) is 11.2 Å². The fraction of sp³-hybridized carbons (Fsp3) is 0.200. The first-order valence-electron chi connectivity index (χ1n) is 15.3. The fourth-order valence-electron chi connectivity index (χ4n) is 5.77. The van der Waals surface area contributed by atoms with Crippen LogP contribution < -0.4 is 15.5 Å². The second-order valence-corrected chi connectivity index (χ2v) is 12.0. The second kappa shape index (κ2) is 13.5. The smallest absolute Gasteiger partial charge is 0.228 e. The topological polar surface area (TPSA) is 111 Å². The van der Waals surface area contributed by atoms with E-state index in [2.05, 4.69) is 37.6 Å². The van der Waals surface area contributed by atoms with Gasteiger partial charge in [0, 0.05) is 73.1 Å². The maximum Gasteiger partial charge on any atom is 0.228 e. The van der Waals surface area contributed by atoms with Crippen molar-refractivity contribution in [3.05, 3.63) is 108 Å². The van der Waals surface area contributed by atoms with Crippen molar-refractivity contribution in [2.24, 2.45) is 0 Å². The first kappa shape index (κ1) is 29.6. The van der Waals surface area contributed by atoms with E-state index in [9.17, 15) is 9.90 Å². The molecular formula is C35H34N8O2S. The number of carbonyl (C=O) groups excluding carboxylic acids is 1. The Hall–Kier alpha value is -5.10. The Balaban J connectivity index is 1.10. The van der Waals surface area contributed by atoms with Crippen LogP contribution >= 0.6 is 11.3 Å². The molecule has 10 nitrogen and oxygen atoms in total. The average molecular weight is 631 g/mol. The van der Waals surface area contributed by atoms with Gasteiger partial charge in [0.1, 0.15) is 5.69 Å². The number of aliphatic hydroxyl groups is 1. The van der Waals surface area contributed by atoms with Gasteiger partial charge >= 0.3 is 0 Å². The van der Waals surface area contributed by atoms with E-state index in [-0.39, 0.29) is 12.5 Å². The number of nitrogens with one attached hydrogen (secondary N) is 2. The lowest BCUT2D eigenvalue weighted by atomic mass is 10.1. The lowest BCUT2D eigenvalue weighted by Gasteiger charge is -2.35. The molecule has 1 saturated heterocycles. The molecule has 0 atom stereocenters. The molecular weight excluding hydrogens is 597 g/mol. The molecule has 0 saturated carbocycles. The summed E-state index contributed by atoms with van der Waals surface area (Å²) in [6.07, 6.45) is 4.05. The molecule has 3 aromatic heterocycles. The number of benzene rings is 3. The Labute approximate surface area is 271 Å². The summed E-state index contributed by atoms with van der Waals surface area (Å²) in [7, 11) is 0. The van der Waals surface area contributed by atoms with Crippen LogP contribution in [0.5, 0.6) is 0 Å². The fourth-order valence-corrected chi connectivity index (χ4v) is 6.48. The Morgan fingerprint density at radius 1 is 0.891 bits per heavy atom. The Morgan fingerprint density at radius 2 is 1.72 bits per heavy atom. The molecule has 6 aromatic rings. The number of thiazole rings is 1. The van der Waals surface area contributed by atoms with E-state index < -0.39 is 0 Å². The predicted molar refractivity (Wildman–Crippen MR) is 184 cm³/mol. The molecule has 1 aliphatic heterocycles. The largest absolute Gasteiger partial charge is 0.395 e. The van der Waals surface area contributed by atoms with Crippen molar-refractivity contribution in [3.8, 4) is 22.6 Å². The number of piperazine rings is 1. The molecule has 232 valence electrons. The van der Waals surface area contributed by atoms with Crippen LogP contribution in [0.1, 0.15) is 5.56 Å². The van der Waals surface area contributed by atoms with Gasteiger partial charge in [0.15, 0.2) is 4.96 Å². The second-order valence-electron chi connectivity index (χ2n) is 11.1. The lowest BCUT2D eigenvalue weighted by molar-refractivity contribution is -0.115. The zero-order chi connectivity index (χ0) is 31.3. The number of imidazole rings is 1. The molecule has 1 aliphatic rings. The van der Waals surface area contributed by atoms with Gasteiger partial charge in [-0.3, -0.25) is 14.1 Å². The molecule has 1 amide bonds. The van der Waals surface area contributed by atoms with Crippen molar-refractivity contribution >= 4 is 45.2 Å². The van der Waals surface area contributed by atoms with E-state index >= 15 is 0 Å². The van der Waals surface area contributed by atoms with E-state index in [0.717, 1.165) is 71.6 Å². The van der Waals surface area contributed by atoms with Gasteiger partial charge in [0.2, 0.25) is 11.9 Å². The molecule has 1 fully saturated rings. The first-order valence-corrected chi connectivity index (χ1v) is 16.2. The molecule has 3 N–H and O–H groups in total. The minimum Gasteiger partial charge on any atom is -0.395 e. The third-order valence-electron chi connectivity index (χ3n) is 8.06. The van der Waals surface area contributed by atoms with Gasteiger partial charge in [-0.2, -0.15) is 0 Å². The van der Waals surface area contributed by atoms with Crippen molar-refractivity contribution in [2.45, 2.75) is 6.42 Å². The zero-order valence-corrected chi connectivity index (χ0v) is 26.0. The first-order chi connectivity index (χ1) is 22.6. The molecule has 0 radical (unpaired) electrons. The molecule has 4 heterocycles. The van der Waals surface area contributed by atoms with E-state index in [0.29, 0.717) is 18.1 Å². The molecule has 3 aromatic carbocycles. The summed E-state index contributed by atoms with van der Waals surface area (Å²) in [5.41, 5.74) is 6.98. The van der Waals surface area contributed by atoms with E-state index in [1.807, 2.05) is 88.8 Å². The highest BCUT2D eigenvalue weighted by atomic mass is 32.1. The summed E-state index contributed by atoms with van der Waals surface area (Å²) in [6, 6.07) is 27.7. The van der Waals surface area contributed by atoms with Crippen LogP contribution in [-0.4, -0.2) is 74.6 Å². The predicted octanol–water partition coefficient (Wildman–Crippen LogP) is 5.56. The SMILES string of the molecule is O=C(Cc1ccccc1)Nc1cccc(-c2nc3sccn3c2-c2ccnc(Nc3ccc(N4CCN(CCO)CC4)cc3)n2)c1. The normalized spacial score (nSPS) is 13.6. The molecule has 0 aliphatic carbocycles. The van der Waals surface area contributed by atoms with Crippen molar-refractivity contribution < 1.29 is 9.90 Å². The number of β-amino-alcohol motifs (C(OH)–C–C–N with tert-alkyl or cyclic N) is 1. The molecule has 0 unspecified atom stereocenters. The van der Waals surface area contributed by atoms with Gasteiger partial charge in [-0.05, 0) is 48.0 Å². The highest BCUT2D eigenvalue weighted by molar-refractivity contribution is 7.15. The van der Waals surface area contributed by atoms with Crippen LogP contribution in [0.2, 0.25) is 0 Å². The number of hydrogen-bond acceptors (Lipinski definition) is 9. The number of rotatable bonds is 10. The summed E-state index contributed by atoms with van der Waals surface area (Å²) in [5, 5.41) is 17.6. The van der Waals surface area contributed by atoms with Gasteiger partial charge < -0.3 is 20.6 Å². The van der Waals surface area contributed by atoms with Crippen molar-refractivity contribution in [1.29, 1.82) is 0 Å². The van der Waals surface area contributed by atoms with E-state index in [1.165, 1.54) is 5.69 Å². The minimum absolute atomic E-state index is 0.0745. The van der Waals surface area contributed by atoms with E-state index in [1.54, 1.807) is 17.5 Å². The van der Waals surface area contributed by atoms with Gasteiger partial charge in [-0.1, -0.05) is 42.5 Å². The lowest BCUT2D eigenvalue weighted by Crippen LogP contribution is -2.47. The van der Waals surface area contributed by atoms with Crippen molar-refractivity contribution in [1.82, 2.24) is 24.3 Å². The Morgan fingerprint density at radius 3 is 2.52 bits per heavy atom. The maximum absolute atomic E-state index is 12.8. The van der Waals surface area contributed by atoms with Crippen LogP contribution in [0.25, 0.3) is 27.6 Å². The highest BCUT2D eigenvalue weighted by Crippen LogP contribution is 2.35. The average Bonchev–Trinajstić information content (AvgIpc) is 3.68. The molecule has 0 bridgehead atoms. The van der Waals surface area contributed by atoms with Gasteiger partial charge in [0.05, 0.1) is 24.4 Å². The zero-order valence-electron chi connectivity index (χ0n) is 25.2. The monoisotopic (exact) mass is 630 g/mol. The summed E-state index contributed by atoms with van der Waals surface area (Å²) in [6.45, 7) is 4.70. The Kier molecular flexibility index (Phi) is 8.68. The van der Waals surface area contributed by atoms with E-state index in [4.69, 9.17) is 9.97 Å². The van der Waals surface area contributed by atoms with Crippen molar-refractivity contribution in [2.75, 3.05) is 54.9 Å². The standard InChI is InChI=1S/C35H34N8O2S/c44-21-19-41-15-17-42(18-16-41)29-11-9-27(10-12-29)38-34-36-14-13-30(39-34)33-32(40-35-43(33)20-22-46-35)26-7-4-8-28(24-26)37-31(45)23-25-5-2-1-3-6-25/h1-14,20,22,24,44H,15-19,21,23H2,(H,37,45)(H,36,38,39). The van der Waals surface area contributed by atoms with Crippen LogP contribution in [0.4, 0.5) is 23.0 Å². The number of hydrogen-bond donors (Lipinski definition) is 3. The summed E-state index contributed by atoms with van der Waals surface area (Å²) in [4.78, 5) is 32.6. The number of carbonyl (C=O) groups is 1. The Bertz CT molecular complexity index is 1930. The summed E-state index contributed by atoms with van der Waals surface area (Å²) < 4.78 is 2.04. The number of fused-ring (bicyclic) bond motifs is 1. The molecule has 7 rings (SSSR count). The number of aromatic nitrogens is 4. The molecule has 11 heteroatoms. The quantitative estimate of drug-likeness (QED) is 0.181. The van der Waals surface area contributed by atoms with Crippen LogP contribution in [0.3, 0.4) is 0 Å². The number of nitrogens with zero attached hydrogens (tertiary/aromatic N) is 6. The van der Waals surface area contributed by atoms with Crippen LogP contribution in [0, 0.1) is 0 Å². The van der Waals surface area contributed by atoms with Gasteiger partial charge in [-0.25, -0.2) is 15.0 Å². The van der Waals surface area contributed by atoms with Gasteiger partial charge in [0.25, 0.3) is 0 Å². The third-order valence-corrected chi connectivity index (χ3v) is 8.82. The van der Waals surface area contributed by atoms with Crippen molar-refractivity contribution in [3.63, 3.8) is 0 Å².